The monoisotopic (exact) mass is 311 g/mol. The van der Waals surface area contributed by atoms with E-state index in [1.807, 2.05) is 0 Å². The van der Waals surface area contributed by atoms with Crippen molar-refractivity contribution in [2.24, 2.45) is 5.41 Å². The summed E-state index contributed by atoms with van der Waals surface area (Å²) in [4.78, 5) is 20.4. The first-order valence-electron chi connectivity index (χ1n) is 6.24. The van der Waals surface area contributed by atoms with Crippen LogP contribution in [0.5, 0.6) is 5.88 Å². The van der Waals surface area contributed by atoms with Crippen molar-refractivity contribution in [2.75, 3.05) is 5.73 Å². The fraction of sp³-hybridized carbons (Fsp3) is 0.364. The molecule has 3 rings (SSSR count). The maximum Gasteiger partial charge on any atom is 0.364 e. The second kappa shape index (κ2) is 5.01. The zero-order valence-electron chi connectivity index (χ0n) is 10.9. The first-order chi connectivity index (χ1) is 9.99. The van der Waals surface area contributed by atoms with E-state index in [2.05, 4.69) is 19.5 Å². The summed E-state index contributed by atoms with van der Waals surface area (Å²) in [5.41, 5.74) is 6.12. The number of hydrogen-bond acceptors (Lipinski definition) is 7. The Labute approximate surface area is 120 Å². The van der Waals surface area contributed by atoms with E-state index in [-0.39, 0.29) is 17.2 Å². The average Bonchev–Trinajstić information content (AvgIpc) is 3.03. The number of aromatic hydroxyl groups is 1. The fourth-order valence-corrected chi connectivity index (χ4v) is 2.36. The number of hydrogen-bond donors (Lipinski definition) is 3. The lowest BCUT2D eigenvalue weighted by Gasteiger charge is -2.11. The molecule has 9 nitrogen and oxygen atoms in total. The van der Waals surface area contributed by atoms with Gasteiger partial charge in [-0.3, -0.25) is 0 Å². The predicted octanol–water partition coefficient (Wildman–Crippen LogP) is 0.807. The second-order valence-corrected chi connectivity index (χ2v) is 5.77. The van der Waals surface area contributed by atoms with Gasteiger partial charge in [0.25, 0.3) is 0 Å². The lowest BCUT2D eigenvalue weighted by Crippen LogP contribution is -2.09. The van der Waals surface area contributed by atoms with Gasteiger partial charge in [0.2, 0.25) is 11.8 Å². The number of allylic oxidation sites excluding steroid dienone is 1. The molecule has 1 unspecified atom stereocenters. The molecule has 1 atom stereocenters. The Bertz CT molecular complexity index is 740. The number of aromatic nitrogens is 4. The van der Waals surface area contributed by atoms with Gasteiger partial charge in [0.05, 0.1) is 12.6 Å². The van der Waals surface area contributed by atoms with Crippen LogP contribution in [0.4, 0.5) is 5.95 Å². The number of fused-ring (bicyclic) bond motifs is 1. The Morgan fingerprint density at radius 3 is 2.95 bits per heavy atom. The molecule has 2 aromatic rings. The molecule has 0 radical (unpaired) electrons. The molecule has 4 N–H and O–H groups in total. The van der Waals surface area contributed by atoms with E-state index in [1.165, 1.54) is 6.26 Å². The average molecular weight is 311 g/mol. The van der Waals surface area contributed by atoms with Crippen LogP contribution in [0.2, 0.25) is 0 Å². The molecule has 21 heavy (non-hydrogen) atoms. The molecular weight excluding hydrogens is 297 g/mol. The highest BCUT2D eigenvalue weighted by atomic mass is 31.1. The van der Waals surface area contributed by atoms with Crippen LogP contribution in [-0.4, -0.2) is 29.5 Å². The van der Waals surface area contributed by atoms with Crippen LogP contribution in [0.25, 0.3) is 11.2 Å². The van der Waals surface area contributed by atoms with Gasteiger partial charge in [-0.15, -0.1) is 0 Å². The van der Waals surface area contributed by atoms with Gasteiger partial charge < -0.3 is 24.8 Å². The summed E-state index contributed by atoms with van der Waals surface area (Å²) >= 11 is 0. The summed E-state index contributed by atoms with van der Waals surface area (Å²) in [6, 6.07) is 0. The molecular formula is C11H14N5O4P. The molecule has 1 saturated carbocycles. The van der Waals surface area contributed by atoms with Crippen molar-refractivity contribution in [2.45, 2.75) is 19.4 Å². The summed E-state index contributed by atoms with van der Waals surface area (Å²) in [6.07, 6.45) is 6.43. The summed E-state index contributed by atoms with van der Waals surface area (Å²) in [5.74, 6) is -0.275. The number of nitrogens with two attached hydrogens (primary N) is 1. The van der Waals surface area contributed by atoms with Gasteiger partial charge in [-0.1, -0.05) is 0 Å². The van der Waals surface area contributed by atoms with Gasteiger partial charge >= 0.3 is 8.25 Å². The third-order valence-electron chi connectivity index (χ3n) is 3.43. The summed E-state index contributed by atoms with van der Waals surface area (Å²) in [6.45, 7) is 0.561. The lowest BCUT2D eigenvalue weighted by molar-refractivity contribution is 0.373. The molecule has 10 heteroatoms. The standard InChI is InChI=1S/C11H14N5O4P/c12-10-14-8-7(9(17)15-10)13-6-16(8)5-11(1-2-11)3-4-20-21(18)19/h3-4,6,21H,1-2,5H2,(H,18,19)(H3,12,14,15,17). The van der Waals surface area contributed by atoms with Crippen molar-refractivity contribution < 1.29 is 19.1 Å². The molecule has 0 spiro atoms. The van der Waals surface area contributed by atoms with Crippen LogP contribution in [0.3, 0.4) is 0 Å². The number of rotatable bonds is 5. The van der Waals surface area contributed by atoms with Crippen LogP contribution < -0.4 is 5.73 Å². The van der Waals surface area contributed by atoms with Crippen LogP contribution in [0.15, 0.2) is 18.7 Å². The Balaban J connectivity index is 1.85. The maximum absolute atomic E-state index is 10.5. The minimum absolute atomic E-state index is 0.0238. The van der Waals surface area contributed by atoms with E-state index in [0.29, 0.717) is 17.7 Å². The Kier molecular flexibility index (Phi) is 3.30. The lowest BCUT2D eigenvalue weighted by atomic mass is 10.1. The summed E-state index contributed by atoms with van der Waals surface area (Å²) in [7, 11) is -2.96. The van der Waals surface area contributed by atoms with Crippen molar-refractivity contribution in [3.8, 4) is 5.88 Å². The highest BCUT2D eigenvalue weighted by molar-refractivity contribution is 7.32. The molecule has 1 aliphatic carbocycles. The van der Waals surface area contributed by atoms with E-state index in [1.54, 1.807) is 17.0 Å². The molecule has 1 aliphatic rings. The van der Waals surface area contributed by atoms with Gasteiger partial charge in [0.1, 0.15) is 0 Å². The van der Waals surface area contributed by atoms with Gasteiger partial charge in [-0.2, -0.15) is 9.97 Å². The van der Waals surface area contributed by atoms with Crippen LogP contribution in [-0.2, 0) is 15.6 Å². The van der Waals surface area contributed by atoms with Crippen molar-refractivity contribution >= 4 is 25.4 Å². The highest BCUT2D eigenvalue weighted by Crippen LogP contribution is 2.49. The molecule has 0 bridgehead atoms. The van der Waals surface area contributed by atoms with Crippen molar-refractivity contribution in [3.63, 3.8) is 0 Å². The van der Waals surface area contributed by atoms with Crippen molar-refractivity contribution in [3.05, 3.63) is 18.7 Å². The van der Waals surface area contributed by atoms with Gasteiger partial charge in [0, 0.05) is 12.0 Å². The topological polar surface area (TPSA) is 136 Å². The van der Waals surface area contributed by atoms with E-state index < -0.39 is 8.25 Å². The number of nitrogens with zero attached hydrogens (tertiary/aromatic N) is 4. The maximum atomic E-state index is 10.5. The molecule has 2 aromatic heterocycles. The minimum Gasteiger partial charge on any atom is -0.492 e. The van der Waals surface area contributed by atoms with Crippen LogP contribution in [0, 0.1) is 5.41 Å². The first-order valence-corrected chi connectivity index (χ1v) is 7.50. The first kappa shape index (κ1) is 13.8. The predicted molar refractivity (Wildman–Crippen MR) is 74.5 cm³/mol. The van der Waals surface area contributed by atoms with Crippen LogP contribution in [0.1, 0.15) is 12.8 Å². The number of imidazole rings is 1. The Morgan fingerprint density at radius 1 is 1.52 bits per heavy atom. The van der Waals surface area contributed by atoms with Gasteiger partial charge in [-0.05, 0) is 18.9 Å². The quantitative estimate of drug-likeness (QED) is 0.545. The SMILES string of the molecule is Nc1nc(O)c2ncn(CC3(C=CO[PH](=O)O)CC3)c2n1. The summed E-state index contributed by atoms with van der Waals surface area (Å²) in [5, 5.41) is 9.68. The smallest absolute Gasteiger partial charge is 0.364 e. The minimum atomic E-state index is -2.96. The summed E-state index contributed by atoms with van der Waals surface area (Å²) < 4.78 is 16.9. The molecule has 0 saturated heterocycles. The van der Waals surface area contributed by atoms with Gasteiger partial charge in [-0.25, -0.2) is 9.55 Å². The van der Waals surface area contributed by atoms with Crippen molar-refractivity contribution in [1.29, 1.82) is 0 Å². The molecule has 0 aromatic carbocycles. The Morgan fingerprint density at radius 2 is 2.29 bits per heavy atom. The molecule has 1 fully saturated rings. The largest absolute Gasteiger partial charge is 0.492 e. The van der Waals surface area contributed by atoms with E-state index in [9.17, 15) is 9.67 Å². The highest BCUT2D eigenvalue weighted by Gasteiger charge is 2.41. The van der Waals surface area contributed by atoms with Gasteiger partial charge in [0.15, 0.2) is 11.2 Å². The zero-order chi connectivity index (χ0) is 15.0. The third-order valence-corrected chi connectivity index (χ3v) is 3.77. The zero-order valence-corrected chi connectivity index (χ0v) is 11.9. The molecule has 0 amide bonds. The van der Waals surface area contributed by atoms with E-state index >= 15 is 0 Å². The number of anilines is 1. The molecule has 2 heterocycles. The third kappa shape index (κ3) is 2.84. The van der Waals surface area contributed by atoms with E-state index in [0.717, 1.165) is 12.8 Å². The van der Waals surface area contributed by atoms with Crippen molar-refractivity contribution in [1.82, 2.24) is 19.5 Å². The second-order valence-electron chi connectivity index (χ2n) is 5.00. The molecule has 112 valence electrons. The fourth-order valence-electron chi connectivity index (χ4n) is 2.18. The van der Waals surface area contributed by atoms with Crippen LogP contribution >= 0.6 is 8.25 Å². The normalized spacial score (nSPS) is 18.1. The molecule has 0 aliphatic heterocycles. The van der Waals surface area contributed by atoms with E-state index in [4.69, 9.17) is 10.6 Å². The Hall–Kier alpha value is -2.12. The number of nitrogen functional groups attached to an aromatic ring is 1.